The van der Waals surface area contributed by atoms with Gasteiger partial charge < -0.3 is 28.1 Å². The van der Waals surface area contributed by atoms with Crippen LogP contribution >= 0.6 is 0 Å². The highest BCUT2D eigenvalue weighted by atomic mass is 16.3. The van der Waals surface area contributed by atoms with Gasteiger partial charge in [-0.2, -0.15) is 0 Å². The molecule has 0 N–H and O–H groups in total. The summed E-state index contributed by atoms with van der Waals surface area (Å²) in [4.78, 5) is 2.29. The van der Waals surface area contributed by atoms with E-state index in [2.05, 4.69) is 0 Å². The fourth-order valence-corrected chi connectivity index (χ4v) is 9.49. The molecule has 67 heavy (non-hydrogen) atoms. The molecule has 0 radical (unpaired) electrons. The van der Waals surface area contributed by atoms with Crippen LogP contribution in [0.2, 0.25) is 0 Å². The quantitative estimate of drug-likeness (QED) is 0.165. The van der Waals surface area contributed by atoms with Crippen molar-refractivity contribution in [3.05, 3.63) is 199 Å². The molecule has 3 aliphatic heterocycles. The van der Waals surface area contributed by atoms with E-state index >= 15 is 0 Å². The lowest BCUT2D eigenvalue weighted by molar-refractivity contribution is 0.590. The van der Waals surface area contributed by atoms with E-state index in [0.717, 1.165) is 14.4 Å². The lowest BCUT2D eigenvalue weighted by Gasteiger charge is -2.45. The number of benzene rings is 9. The molecule has 3 aliphatic rings. The third-order valence-corrected chi connectivity index (χ3v) is 12.2. The maximum atomic E-state index is 11.2. The van der Waals surface area contributed by atoms with Gasteiger partial charge >= 0.3 is 0 Å². The number of para-hydroxylation sites is 7. The first-order chi connectivity index (χ1) is 46.2. The molecule has 0 amide bonds. The largest absolute Gasteiger partial charge is 0.468 e. The number of nitrogens with zero attached hydrogens (tertiary/aromatic N) is 4. The molecule has 3 aromatic heterocycles. The van der Waals surface area contributed by atoms with E-state index in [0.29, 0.717) is 4.90 Å². The molecule has 0 saturated carbocycles. The molecule has 6 nitrogen and oxygen atoms in total. The molecule has 0 aliphatic carbocycles. The van der Waals surface area contributed by atoms with Crippen LogP contribution in [0.4, 0.5) is 51.2 Å². The highest BCUT2D eigenvalue weighted by Gasteiger charge is 2.49. The zero-order valence-electron chi connectivity index (χ0n) is 66.7. The number of rotatable bonds is 4. The molecule has 9 aromatic carbocycles. The molecule has 12 aromatic rings. The normalized spacial score (nSPS) is 20.2. The summed E-state index contributed by atoms with van der Waals surface area (Å²) in [5, 5.41) is -2.53. The van der Waals surface area contributed by atoms with E-state index < -0.39 is 334 Å². The van der Waals surface area contributed by atoms with Crippen molar-refractivity contribution in [3.63, 3.8) is 0 Å². The highest BCUT2D eigenvalue weighted by Crippen LogP contribution is 2.55. The highest BCUT2D eigenvalue weighted by molar-refractivity contribution is 7.00. The lowest BCUT2D eigenvalue weighted by atomic mass is 9.35. The smallest absolute Gasteiger partial charge is 0.297 e. The van der Waals surface area contributed by atoms with Crippen molar-refractivity contribution in [2.45, 2.75) is 26.2 Å². The Morgan fingerprint density at radius 3 is 1.85 bits per heavy atom. The average molecular weight is 893 g/mol. The maximum Gasteiger partial charge on any atom is 0.297 e. The lowest BCUT2D eigenvalue weighted by Crippen LogP contribution is -2.61. The number of aromatic nitrogens is 1. The number of furan rings is 2. The fourth-order valence-electron chi connectivity index (χ4n) is 9.49. The molecule has 0 fully saturated rings. The van der Waals surface area contributed by atoms with Gasteiger partial charge in [-0.3, -0.25) is 0 Å². The molecular formula is C60H41BN4O2. The summed E-state index contributed by atoms with van der Waals surface area (Å²) in [5.41, 5.74) is -14.3. The molecule has 6 heterocycles. The van der Waals surface area contributed by atoms with Crippen LogP contribution in [-0.4, -0.2) is 11.3 Å². The topological polar surface area (TPSA) is 40.9 Å². The van der Waals surface area contributed by atoms with Gasteiger partial charge in [0.15, 0.2) is 5.58 Å². The Labute approximate surface area is 432 Å². The van der Waals surface area contributed by atoms with Crippen molar-refractivity contribution >= 4 is 129 Å². The van der Waals surface area contributed by atoms with Gasteiger partial charge in [-0.15, -0.1) is 0 Å². The maximum absolute atomic E-state index is 11.2. The summed E-state index contributed by atoms with van der Waals surface area (Å²) < 4.78 is 320. The van der Waals surface area contributed by atoms with Gasteiger partial charge in [0.05, 0.1) is 94.7 Å². The van der Waals surface area contributed by atoms with Crippen molar-refractivity contribution in [1.29, 1.82) is 0 Å². The van der Waals surface area contributed by atoms with Crippen molar-refractivity contribution in [2.75, 3.05) is 14.7 Å². The summed E-state index contributed by atoms with van der Waals surface area (Å²) in [6.45, 7) is 2.72. The predicted molar refractivity (Wildman–Crippen MR) is 279 cm³/mol. The fraction of sp³-hybridized carbons (Fsp3) is 0.0667. The van der Waals surface area contributed by atoms with E-state index in [1.165, 1.54) is 0 Å². The van der Waals surface area contributed by atoms with Gasteiger partial charge in [-0.1, -0.05) is 136 Å². The second-order valence-corrected chi connectivity index (χ2v) is 16.8. The summed E-state index contributed by atoms with van der Waals surface area (Å²) >= 11 is 0. The van der Waals surface area contributed by atoms with Crippen LogP contribution in [0, 0.1) is 0 Å². The van der Waals surface area contributed by atoms with Gasteiger partial charge in [0.1, 0.15) is 11.2 Å². The van der Waals surface area contributed by atoms with Gasteiger partial charge in [0, 0.05) is 49.7 Å². The Morgan fingerprint density at radius 1 is 0.478 bits per heavy atom. The van der Waals surface area contributed by atoms with Crippen LogP contribution in [0.25, 0.3) is 60.4 Å². The molecule has 316 valence electrons. The first kappa shape index (κ1) is 17.8. The van der Waals surface area contributed by atoms with Crippen molar-refractivity contribution < 1.29 is 52.7 Å². The van der Waals surface area contributed by atoms with E-state index in [1.54, 1.807) is 20.8 Å². The zero-order chi connectivity index (χ0) is 72.1. The zero-order valence-corrected chi connectivity index (χ0v) is 34.7. The minimum atomic E-state index is -2.07. The van der Waals surface area contributed by atoms with Gasteiger partial charge in [-0.05, 0) is 100 Å². The van der Waals surface area contributed by atoms with E-state index in [4.69, 9.17) is 23.9 Å². The number of hydrogen-bond acceptors (Lipinski definition) is 5. The molecular weight excluding hydrogens is 819 g/mol. The van der Waals surface area contributed by atoms with Gasteiger partial charge in [-0.25, -0.2) is 0 Å². The minimum absolute atomic E-state index is 0.156. The number of hydrogen-bond donors (Lipinski definition) is 0. The predicted octanol–water partition coefficient (Wildman–Crippen LogP) is 14.6. The van der Waals surface area contributed by atoms with Crippen LogP contribution in [0.3, 0.4) is 0 Å². The van der Waals surface area contributed by atoms with Crippen LogP contribution in [0.15, 0.2) is 202 Å². The van der Waals surface area contributed by atoms with E-state index in [9.17, 15) is 28.8 Å². The monoisotopic (exact) mass is 893 g/mol. The average Bonchev–Trinajstić information content (AvgIpc) is 1.62. The molecule has 0 atom stereocenters. The molecule has 0 unspecified atom stereocenters. The number of anilines is 9. The third kappa shape index (κ3) is 4.90. The van der Waals surface area contributed by atoms with Crippen LogP contribution in [-0.2, 0) is 5.41 Å². The van der Waals surface area contributed by atoms with Crippen molar-refractivity contribution in [1.82, 2.24) is 4.57 Å². The molecule has 7 heteroatoms. The van der Waals surface area contributed by atoms with Gasteiger partial charge in [0.25, 0.3) is 6.71 Å². The molecule has 0 bridgehead atoms. The standard InChI is InChI=1S/C60H41BN4O2/c1-60(2,3)36-31-32-53-44(33-36)56-59(67-53)61-45-25-16-28-48-57(45)64(47-27-14-23-42-40-21-10-12-26-46(40)63(48)55(42)47)50-34-39(62(37-17-6-4-7-18-37)38-19-8-5-9-20-38)35-51(54(50)61)65(56)49-29-15-24-43-41-22-11-13-30-52(41)66-58(43)49/h4-35H,1-3H3/i4D,5D,6D,7D,8D,9D,10D,11D,12D,13D,14D,15D,16D,17D,18D,19D,20D,21D,22D,23D,24D,25D,26D,27D,28D,29D,30D,31D,32D,33D,34D,35D. The van der Waals surface area contributed by atoms with Crippen LogP contribution in [0.1, 0.15) is 70.2 Å². The number of fused-ring (bicyclic) bond motifs is 14. The Morgan fingerprint density at radius 2 is 1.09 bits per heavy atom. The minimum Gasteiger partial charge on any atom is -0.468 e. The summed E-state index contributed by atoms with van der Waals surface area (Å²) in [5.74, 6) is 0. The van der Waals surface area contributed by atoms with Gasteiger partial charge in [0.2, 0.25) is 0 Å². The Balaban J connectivity index is 1.30. The Hall–Kier alpha value is -8.42. The molecule has 15 rings (SSSR count). The summed E-state index contributed by atoms with van der Waals surface area (Å²) in [6.07, 6.45) is 0. The summed E-state index contributed by atoms with van der Waals surface area (Å²) in [7, 11) is 0. The second kappa shape index (κ2) is 13.1. The van der Waals surface area contributed by atoms with Crippen molar-refractivity contribution in [2.24, 2.45) is 0 Å². The first-order valence-electron chi connectivity index (χ1n) is 36.6. The summed E-state index contributed by atoms with van der Waals surface area (Å²) in [6, 6.07) is -30.8. The van der Waals surface area contributed by atoms with E-state index in [-0.39, 0.29) is 5.56 Å². The molecule has 0 saturated heterocycles. The van der Waals surface area contributed by atoms with Crippen LogP contribution < -0.4 is 31.3 Å². The Kier molecular flexibility index (Phi) is 3.48. The second-order valence-electron chi connectivity index (χ2n) is 16.8. The van der Waals surface area contributed by atoms with Crippen molar-refractivity contribution in [3.8, 4) is 5.69 Å². The van der Waals surface area contributed by atoms with E-state index in [1.807, 2.05) is 0 Å². The first-order valence-corrected chi connectivity index (χ1v) is 20.6. The van der Waals surface area contributed by atoms with Crippen LogP contribution in [0.5, 0.6) is 0 Å². The molecule has 0 spiro atoms. The third-order valence-electron chi connectivity index (χ3n) is 12.2. The Bertz CT molecular complexity index is 5870. The SMILES string of the molecule is [2H]c1c([2H])c([2H])c(N(c2c([2H])c([2H])c([2H])c([2H])c2[2H])c2c([2H])c3c4c(c2[2H])N2c5c(c([2H])c([2H])c([2H])c5-n5c6c([2H])c([2H])c([2H])c([2H])c6c6c([2H])c([2H])c([2H])c2c65)B4c2oc4c([2H])c([2H])c(C(C)(C)C)c([2H])c4c2N3c2c([2H])c([2H])c([2H])c3c2oc2c([2H])c([2H])c([2H])c([2H])c23)c([2H])c1[2H].